The highest BCUT2D eigenvalue weighted by Crippen LogP contribution is 2.26. The van der Waals surface area contributed by atoms with E-state index in [9.17, 15) is 8.42 Å². The number of aryl methyl sites for hydroxylation is 1. The highest BCUT2D eigenvalue weighted by Gasteiger charge is 2.26. The summed E-state index contributed by atoms with van der Waals surface area (Å²) >= 11 is 11.5. The number of halogens is 1. The van der Waals surface area contributed by atoms with Crippen LogP contribution < -0.4 is 10.7 Å². The molecule has 0 amide bonds. The van der Waals surface area contributed by atoms with E-state index in [1.165, 1.54) is 0 Å². The number of nitrogens with zero attached hydrogens (tertiary/aromatic N) is 2. The third-order valence-electron chi connectivity index (χ3n) is 5.38. The first-order valence-electron chi connectivity index (χ1n) is 10.3. The molecule has 0 unspecified atom stereocenters. The van der Waals surface area contributed by atoms with E-state index in [4.69, 9.17) is 23.8 Å². The van der Waals surface area contributed by atoms with Crippen LogP contribution in [-0.2, 0) is 10.0 Å². The fourth-order valence-corrected chi connectivity index (χ4v) is 5.66. The molecule has 0 saturated carbocycles. The number of anilines is 1. The zero-order chi connectivity index (χ0) is 22.7. The molecule has 2 aromatic carbocycles. The second-order valence-electron chi connectivity index (χ2n) is 7.72. The van der Waals surface area contributed by atoms with Gasteiger partial charge in [0.2, 0.25) is 10.0 Å². The van der Waals surface area contributed by atoms with Gasteiger partial charge in [0.25, 0.3) is 0 Å². The van der Waals surface area contributed by atoms with E-state index in [2.05, 4.69) is 20.8 Å². The van der Waals surface area contributed by atoms with Gasteiger partial charge in [0.15, 0.2) is 5.11 Å². The van der Waals surface area contributed by atoms with Gasteiger partial charge in [0, 0.05) is 35.8 Å². The van der Waals surface area contributed by atoms with Crippen LogP contribution in [0.4, 0.5) is 5.69 Å². The Bertz CT molecular complexity index is 1280. The van der Waals surface area contributed by atoms with Gasteiger partial charge in [0.05, 0.1) is 21.8 Å². The smallest absolute Gasteiger partial charge is 0.243 e. The third-order valence-corrected chi connectivity index (χ3v) is 7.78. The molecule has 1 aliphatic rings. The van der Waals surface area contributed by atoms with Gasteiger partial charge in [-0.1, -0.05) is 24.1 Å². The Balaban J connectivity index is 1.49. The lowest BCUT2D eigenvalue weighted by Crippen LogP contribution is -2.35. The zero-order valence-corrected chi connectivity index (χ0v) is 19.9. The predicted octanol–water partition coefficient (Wildman–Crippen LogP) is 4.62. The molecule has 1 fully saturated rings. The van der Waals surface area contributed by atoms with Crippen molar-refractivity contribution in [2.45, 2.75) is 31.1 Å². The molecule has 0 radical (unpaired) electrons. The summed E-state index contributed by atoms with van der Waals surface area (Å²) in [5.41, 5.74) is 6.08. The van der Waals surface area contributed by atoms with Gasteiger partial charge in [-0.05, 0) is 67.9 Å². The van der Waals surface area contributed by atoms with Crippen LogP contribution in [-0.4, -0.2) is 42.1 Å². The lowest BCUT2D eigenvalue weighted by atomic mass is 10.2. The Hall–Kier alpha value is -2.46. The van der Waals surface area contributed by atoms with Crippen molar-refractivity contribution >= 4 is 61.8 Å². The van der Waals surface area contributed by atoms with Crippen molar-refractivity contribution in [3.05, 3.63) is 58.7 Å². The topological polar surface area (TPSA) is 89.6 Å². The van der Waals surface area contributed by atoms with Gasteiger partial charge >= 0.3 is 0 Å². The van der Waals surface area contributed by atoms with Crippen molar-refractivity contribution in [2.75, 3.05) is 18.4 Å². The number of fused-ring (bicyclic) bond motifs is 1. The van der Waals surface area contributed by atoms with Crippen LogP contribution >= 0.6 is 23.8 Å². The van der Waals surface area contributed by atoms with Crippen LogP contribution in [0.5, 0.6) is 0 Å². The third kappa shape index (κ3) is 4.96. The van der Waals surface area contributed by atoms with Gasteiger partial charge in [-0.2, -0.15) is 9.41 Å². The lowest BCUT2D eigenvalue weighted by Gasteiger charge is -2.25. The fourth-order valence-electron chi connectivity index (χ4n) is 3.68. The van der Waals surface area contributed by atoms with E-state index in [0.29, 0.717) is 33.8 Å². The van der Waals surface area contributed by atoms with Crippen molar-refractivity contribution in [1.82, 2.24) is 14.7 Å². The van der Waals surface area contributed by atoms with Crippen molar-refractivity contribution in [2.24, 2.45) is 5.10 Å². The molecular formula is C22H24ClN5O2S2. The molecule has 4 rings (SSSR count). The minimum Gasteiger partial charge on any atom is -0.361 e. The molecule has 3 aromatic rings. The fraction of sp³-hybridized carbons (Fsp3) is 0.273. The number of piperidine rings is 1. The van der Waals surface area contributed by atoms with Gasteiger partial charge < -0.3 is 10.3 Å². The molecule has 1 aliphatic heterocycles. The average Bonchev–Trinajstić information content (AvgIpc) is 3.19. The van der Waals surface area contributed by atoms with Crippen molar-refractivity contribution in [3.63, 3.8) is 0 Å². The summed E-state index contributed by atoms with van der Waals surface area (Å²) in [4.78, 5) is 3.44. The predicted molar refractivity (Wildman–Crippen MR) is 134 cm³/mol. The Morgan fingerprint density at radius 2 is 1.97 bits per heavy atom. The van der Waals surface area contributed by atoms with E-state index in [-0.39, 0.29) is 0 Å². The van der Waals surface area contributed by atoms with Crippen molar-refractivity contribution < 1.29 is 8.42 Å². The number of H-pyrrole nitrogens is 1. The van der Waals surface area contributed by atoms with Crippen LogP contribution in [0.2, 0.25) is 5.02 Å². The number of thiocarbonyl (C=S) groups is 1. The summed E-state index contributed by atoms with van der Waals surface area (Å²) < 4.78 is 27.6. The van der Waals surface area contributed by atoms with Gasteiger partial charge in [0.1, 0.15) is 0 Å². The standard InChI is InChI=1S/C22H24ClN5O2S2/c1-15-5-7-21(19(23)11-15)26-22(31)27-25-14-16-13-24-20-8-6-17(12-18(16)20)32(29,30)28-9-3-2-4-10-28/h5-8,11-14,24H,2-4,9-10H2,1H3,(H2,26,27,31). The Morgan fingerprint density at radius 3 is 2.72 bits per heavy atom. The zero-order valence-electron chi connectivity index (χ0n) is 17.6. The van der Waals surface area contributed by atoms with E-state index in [1.54, 1.807) is 34.9 Å². The minimum atomic E-state index is -3.51. The molecule has 0 aliphatic carbocycles. The van der Waals surface area contributed by atoms with Crippen LogP contribution in [0.15, 0.2) is 52.6 Å². The number of rotatable bonds is 5. The molecule has 10 heteroatoms. The first kappa shape index (κ1) is 22.7. The summed E-state index contributed by atoms with van der Waals surface area (Å²) in [6.45, 7) is 3.10. The highest BCUT2D eigenvalue weighted by atomic mass is 35.5. The number of aromatic amines is 1. The average molecular weight is 490 g/mol. The largest absolute Gasteiger partial charge is 0.361 e. The minimum absolute atomic E-state index is 0.292. The van der Waals surface area contributed by atoms with Crippen molar-refractivity contribution in [3.8, 4) is 0 Å². The van der Waals surface area contributed by atoms with E-state index in [1.807, 2.05) is 25.1 Å². The molecule has 0 bridgehead atoms. The Morgan fingerprint density at radius 1 is 1.19 bits per heavy atom. The number of nitrogens with one attached hydrogen (secondary N) is 3. The molecule has 7 nitrogen and oxygen atoms in total. The number of hydrazone groups is 1. The van der Waals surface area contributed by atoms with Gasteiger partial charge in [-0.3, -0.25) is 5.43 Å². The maximum atomic E-state index is 13.0. The van der Waals surface area contributed by atoms with Crippen LogP contribution in [0.25, 0.3) is 10.9 Å². The molecular weight excluding hydrogens is 466 g/mol. The Labute approximate surface area is 197 Å². The Kier molecular flexibility index (Phi) is 6.80. The van der Waals surface area contributed by atoms with E-state index < -0.39 is 10.0 Å². The molecule has 0 atom stereocenters. The lowest BCUT2D eigenvalue weighted by molar-refractivity contribution is 0.346. The molecule has 168 valence electrons. The summed E-state index contributed by atoms with van der Waals surface area (Å²) in [6.07, 6.45) is 6.25. The van der Waals surface area contributed by atoms with E-state index >= 15 is 0 Å². The van der Waals surface area contributed by atoms with Gasteiger partial charge in [-0.25, -0.2) is 8.42 Å². The van der Waals surface area contributed by atoms with Gasteiger partial charge in [-0.15, -0.1) is 0 Å². The van der Waals surface area contributed by atoms with Crippen LogP contribution in [0.1, 0.15) is 30.4 Å². The highest BCUT2D eigenvalue weighted by molar-refractivity contribution is 7.89. The van der Waals surface area contributed by atoms with Crippen LogP contribution in [0, 0.1) is 6.92 Å². The number of hydrogen-bond donors (Lipinski definition) is 3. The number of hydrogen-bond acceptors (Lipinski definition) is 4. The summed E-state index contributed by atoms with van der Waals surface area (Å²) in [5, 5.41) is 8.82. The summed E-state index contributed by atoms with van der Waals surface area (Å²) in [6, 6.07) is 10.7. The molecule has 3 N–H and O–H groups in total. The number of aromatic nitrogens is 1. The SMILES string of the molecule is Cc1ccc(NC(=S)NN=Cc2c[nH]c3ccc(S(=O)(=O)N4CCCCC4)cc23)c(Cl)c1. The van der Waals surface area contributed by atoms with Crippen molar-refractivity contribution in [1.29, 1.82) is 0 Å². The second-order valence-corrected chi connectivity index (χ2v) is 10.5. The number of sulfonamides is 1. The molecule has 1 aromatic heterocycles. The number of benzene rings is 2. The molecule has 0 spiro atoms. The van der Waals surface area contributed by atoms with E-state index in [0.717, 1.165) is 41.3 Å². The summed E-state index contributed by atoms with van der Waals surface area (Å²) in [5.74, 6) is 0. The quantitative estimate of drug-likeness (QED) is 0.276. The summed E-state index contributed by atoms with van der Waals surface area (Å²) in [7, 11) is -3.51. The normalized spacial score (nSPS) is 15.3. The molecule has 32 heavy (non-hydrogen) atoms. The first-order valence-corrected chi connectivity index (χ1v) is 12.5. The monoisotopic (exact) mass is 489 g/mol. The maximum Gasteiger partial charge on any atom is 0.243 e. The first-order chi connectivity index (χ1) is 15.3. The molecule has 1 saturated heterocycles. The molecule has 2 heterocycles. The van der Waals surface area contributed by atoms with Crippen LogP contribution in [0.3, 0.4) is 0 Å². The maximum absolute atomic E-state index is 13.0. The second kappa shape index (κ2) is 9.58.